The first kappa shape index (κ1) is 16.8. The van der Waals surface area contributed by atoms with Gasteiger partial charge in [-0.15, -0.1) is 0 Å². The van der Waals surface area contributed by atoms with E-state index in [9.17, 15) is 9.59 Å². The Labute approximate surface area is 145 Å². The highest BCUT2D eigenvalue weighted by molar-refractivity contribution is 6.10. The number of hydrogen-bond acceptors (Lipinski definition) is 4. The zero-order chi connectivity index (χ0) is 17.8. The average Bonchev–Trinajstić information content (AvgIpc) is 3.05. The minimum Gasteiger partial charge on any atom is -0.497 e. The second-order valence-electron chi connectivity index (χ2n) is 5.77. The number of H-pyrrole nitrogens is 1. The highest BCUT2D eigenvalue weighted by Crippen LogP contribution is 2.20. The van der Waals surface area contributed by atoms with Crippen molar-refractivity contribution in [1.29, 1.82) is 0 Å². The SMILES string of the molecule is COc1ccc(CC(=O)O[C@@H](C)C(=O)c2c[nH]c3ccccc23)cc1. The summed E-state index contributed by atoms with van der Waals surface area (Å²) in [5.74, 6) is 0.0615. The Morgan fingerprint density at radius 3 is 2.52 bits per heavy atom. The monoisotopic (exact) mass is 337 g/mol. The number of rotatable bonds is 6. The first-order valence-corrected chi connectivity index (χ1v) is 8.01. The van der Waals surface area contributed by atoms with Gasteiger partial charge >= 0.3 is 5.97 Å². The lowest BCUT2D eigenvalue weighted by atomic mass is 10.1. The van der Waals surface area contributed by atoms with Crippen LogP contribution in [0.2, 0.25) is 0 Å². The van der Waals surface area contributed by atoms with Crippen molar-refractivity contribution >= 4 is 22.7 Å². The van der Waals surface area contributed by atoms with Crippen molar-refractivity contribution in [2.24, 2.45) is 0 Å². The molecule has 0 aliphatic heterocycles. The molecule has 1 heterocycles. The van der Waals surface area contributed by atoms with E-state index in [1.54, 1.807) is 44.5 Å². The Balaban J connectivity index is 1.65. The molecule has 1 aromatic heterocycles. The van der Waals surface area contributed by atoms with Crippen molar-refractivity contribution in [2.75, 3.05) is 7.11 Å². The second kappa shape index (κ2) is 7.21. The van der Waals surface area contributed by atoms with E-state index in [1.807, 2.05) is 24.3 Å². The molecule has 0 saturated heterocycles. The summed E-state index contributed by atoms with van der Waals surface area (Å²) in [5, 5.41) is 0.825. The number of hydrogen-bond donors (Lipinski definition) is 1. The van der Waals surface area contributed by atoms with E-state index >= 15 is 0 Å². The fourth-order valence-corrected chi connectivity index (χ4v) is 2.70. The third kappa shape index (κ3) is 3.71. The van der Waals surface area contributed by atoms with E-state index in [0.29, 0.717) is 5.56 Å². The Hall–Kier alpha value is -3.08. The molecule has 25 heavy (non-hydrogen) atoms. The predicted molar refractivity (Wildman–Crippen MR) is 94.9 cm³/mol. The number of para-hydroxylation sites is 1. The smallest absolute Gasteiger partial charge is 0.310 e. The number of Topliss-reactive ketones (excluding diaryl/α,β-unsaturated/α-hetero) is 1. The molecule has 0 radical (unpaired) electrons. The van der Waals surface area contributed by atoms with Crippen LogP contribution >= 0.6 is 0 Å². The summed E-state index contributed by atoms with van der Waals surface area (Å²) in [5.41, 5.74) is 2.21. The maximum absolute atomic E-state index is 12.6. The summed E-state index contributed by atoms with van der Waals surface area (Å²) in [7, 11) is 1.58. The third-order valence-electron chi connectivity index (χ3n) is 4.04. The minimum absolute atomic E-state index is 0.107. The number of ether oxygens (including phenoxy) is 2. The molecule has 128 valence electrons. The van der Waals surface area contributed by atoms with Crippen molar-refractivity contribution in [2.45, 2.75) is 19.4 Å². The molecule has 0 unspecified atom stereocenters. The fourth-order valence-electron chi connectivity index (χ4n) is 2.70. The fraction of sp³-hybridized carbons (Fsp3) is 0.200. The Bertz CT molecular complexity index is 895. The molecular weight excluding hydrogens is 318 g/mol. The van der Waals surface area contributed by atoms with Gasteiger partial charge in [0, 0.05) is 22.7 Å². The zero-order valence-corrected chi connectivity index (χ0v) is 14.1. The van der Waals surface area contributed by atoms with Crippen LogP contribution < -0.4 is 4.74 Å². The van der Waals surface area contributed by atoms with Crippen LogP contribution in [0, 0.1) is 0 Å². The van der Waals surface area contributed by atoms with Crippen molar-refractivity contribution in [3.63, 3.8) is 0 Å². The molecule has 0 fully saturated rings. The van der Waals surface area contributed by atoms with Gasteiger partial charge in [-0.05, 0) is 30.7 Å². The summed E-state index contributed by atoms with van der Waals surface area (Å²) < 4.78 is 10.4. The van der Waals surface area contributed by atoms with Crippen LogP contribution in [-0.2, 0) is 16.0 Å². The Kier molecular flexibility index (Phi) is 4.84. The zero-order valence-electron chi connectivity index (χ0n) is 14.1. The average molecular weight is 337 g/mol. The molecule has 5 nitrogen and oxygen atoms in total. The number of fused-ring (bicyclic) bond motifs is 1. The van der Waals surface area contributed by atoms with Crippen LogP contribution in [0.3, 0.4) is 0 Å². The van der Waals surface area contributed by atoms with Crippen molar-refractivity contribution < 1.29 is 19.1 Å². The van der Waals surface area contributed by atoms with Crippen LogP contribution in [0.15, 0.2) is 54.7 Å². The number of aromatic nitrogens is 1. The quantitative estimate of drug-likeness (QED) is 0.552. The number of ketones is 1. The Morgan fingerprint density at radius 1 is 1.08 bits per heavy atom. The normalized spacial score (nSPS) is 11.9. The van der Waals surface area contributed by atoms with Gasteiger partial charge < -0.3 is 14.5 Å². The minimum atomic E-state index is -0.843. The largest absolute Gasteiger partial charge is 0.497 e. The number of methoxy groups -OCH3 is 1. The van der Waals surface area contributed by atoms with Gasteiger partial charge in [0.2, 0.25) is 5.78 Å². The van der Waals surface area contributed by atoms with Gasteiger partial charge in [0.15, 0.2) is 6.10 Å². The maximum atomic E-state index is 12.6. The highest BCUT2D eigenvalue weighted by atomic mass is 16.5. The number of aromatic amines is 1. The summed E-state index contributed by atoms with van der Waals surface area (Å²) >= 11 is 0. The van der Waals surface area contributed by atoms with Crippen LogP contribution in [-0.4, -0.2) is 30.0 Å². The van der Waals surface area contributed by atoms with Gasteiger partial charge in [-0.3, -0.25) is 9.59 Å². The van der Waals surface area contributed by atoms with Crippen molar-refractivity contribution in [3.05, 3.63) is 65.9 Å². The molecule has 1 atom stereocenters. The highest BCUT2D eigenvalue weighted by Gasteiger charge is 2.22. The first-order chi connectivity index (χ1) is 12.1. The predicted octanol–water partition coefficient (Wildman–Crippen LogP) is 3.53. The standard InChI is InChI=1S/C20H19NO4/c1-13(20(23)17-12-21-18-6-4-3-5-16(17)18)25-19(22)11-14-7-9-15(24-2)10-8-14/h3-10,12-13,21H,11H2,1-2H3/t13-/m0/s1. The number of nitrogens with one attached hydrogen (secondary N) is 1. The molecule has 0 aliphatic rings. The molecular formula is C20H19NO4. The topological polar surface area (TPSA) is 68.4 Å². The molecule has 0 aliphatic carbocycles. The molecule has 2 aromatic carbocycles. The number of esters is 1. The number of carbonyl (C=O) groups is 2. The van der Waals surface area contributed by atoms with E-state index in [2.05, 4.69) is 4.98 Å². The number of carbonyl (C=O) groups excluding carboxylic acids is 2. The van der Waals surface area contributed by atoms with Gasteiger partial charge in [0.25, 0.3) is 0 Å². The van der Waals surface area contributed by atoms with E-state index in [-0.39, 0.29) is 12.2 Å². The Morgan fingerprint density at radius 2 is 1.80 bits per heavy atom. The maximum Gasteiger partial charge on any atom is 0.310 e. The molecule has 0 amide bonds. The lowest BCUT2D eigenvalue weighted by Gasteiger charge is -2.12. The van der Waals surface area contributed by atoms with E-state index in [1.165, 1.54) is 0 Å². The summed E-state index contributed by atoms with van der Waals surface area (Å²) in [6.07, 6.45) is 0.918. The van der Waals surface area contributed by atoms with E-state index < -0.39 is 12.1 Å². The van der Waals surface area contributed by atoms with Crippen molar-refractivity contribution in [1.82, 2.24) is 4.98 Å². The molecule has 3 aromatic rings. The van der Waals surface area contributed by atoms with Crippen LogP contribution in [0.1, 0.15) is 22.8 Å². The molecule has 0 bridgehead atoms. The van der Waals surface area contributed by atoms with Gasteiger partial charge in [-0.2, -0.15) is 0 Å². The molecule has 0 saturated carbocycles. The van der Waals surface area contributed by atoms with Gasteiger partial charge in [0.05, 0.1) is 13.5 Å². The van der Waals surface area contributed by atoms with Crippen LogP contribution in [0.5, 0.6) is 5.75 Å². The molecule has 5 heteroatoms. The lowest BCUT2D eigenvalue weighted by Crippen LogP contribution is -2.25. The van der Waals surface area contributed by atoms with Gasteiger partial charge in [-0.1, -0.05) is 30.3 Å². The summed E-state index contributed by atoms with van der Waals surface area (Å²) in [6.45, 7) is 1.59. The molecule has 1 N–H and O–H groups in total. The van der Waals surface area contributed by atoms with Crippen LogP contribution in [0.25, 0.3) is 10.9 Å². The van der Waals surface area contributed by atoms with E-state index in [0.717, 1.165) is 22.2 Å². The summed E-state index contributed by atoms with van der Waals surface area (Å²) in [4.78, 5) is 27.7. The molecule has 0 spiro atoms. The lowest BCUT2D eigenvalue weighted by molar-refractivity contribution is -0.145. The van der Waals surface area contributed by atoms with Crippen molar-refractivity contribution in [3.8, 4) is 5.75 Å². The second-order valence-corrected chi connectivity index (χ2v) is 5.77. The van der Waals surface area contributed by atoms with Crippen LogP contribution in [0.4, 0.5) is 0 Å². The number of benzene rings is 2. The van der Waals surface area contributed by atoms with Gasteiger partial charge in [-0.25, -0.2) is 0 Å². The molecule has 3 rings (SSSR count). The first-order valence-electron chi connectivity index (χ1n) is 8.01. The van der Waals surface area contributed by atoms with E-state index in [4.69, 9.17) is 9.47 Å². The summed E-state index contributed by atoms with van der Waals surface area (Å²) in [6, 6.07) is 14.7. The third-order valence-corrected chi connectivity index (χ3v) is 4.04. The van der Waals surface area contributed by atoms with Gasteiger partial charge in [0.1, 0.15) is 5.75 Å².